The SMILES string of the molecule is Cc1ccc(C)c(C(C#N)CCOc2ccc(C)c(C)c2)c1. The van der Waals surface area contributed by atoms with Gasteiger partial charge >= 0.3 is 0 Å². The van der Waals surface area contributed by atoms with Crippen LogP contribution < -0.4 is 4.74 Å². The van der Waals surface area contributed by atoms with Gasteiger partial charge in [-0.3, -0.25) is 0 Å². The van der Waals surface area contributed by atoms with Crippen molar-refractivity contribution in [2.45, 2.75) is 40.0 Å². The summed E-state index contributed by atoms with van der Waals surface area (Å²) in [5.41, 5.74) is 5.96. The van der Waals surface area contributed by atoms with Crippen LogP contribution >= 0.6 is 0 Å². The lowest BCUT2D eigenvalue weighted by Gasteiger charge is -2.14. The first kappa shape index (κ1) is 16.1. The number of nitrogens with zero attached hydrogens (tertiary/aromatic N) is 1. The van der Waals surface area contributed by atoms with E-state index in [4.69, 9.17) is 4.74 Å². The second-order valence-electron chi connectivity index (χ2n) is 5.92. The monoisotopic (exact) mass is 293 g/mol. The molecule has 0 aliphatic heterocycles. The van der Waals surface area contributed by atoms with Crippen LogP contribution in [-0.2, 0) is 0 Å². The van der Waals surface area contributed by atoms with E-state index >= 15 is 0 Å². The number of nitriles is 1. The summed E-state index contributed by atoms with van der Waals surface area (Å²) < 4.78 is 5.81. The smallest absolute Gasteiger partial charge is 0.119 e. The summed E-state index contributed by atoms with van der Waals surface area (Å²) >= 11 is 0. The first-order valence-corrected chi connectivity index (χ1v) is 7.68. The summed E-state index contributed by atoms with van der Waals surface area (Å²) in [6.45, 7) is 8.84. The molecule has 2 rings (SSSR count). The summed E-state index contributed by atoms with van der Waals surface area (Å²) in [6, 6.07) is 14.8. The number of rotatable bonds is 5. The Morgan fingerprint density at radius 3 is 2.36 bits per heavy atom. The van der Waals surface area contributed by atoms with Crippen LogP contribution in [0.25, 0.3) is 0 Å². The summed E-state index contributed by atoms with van der Waals surface area (Å²) in [5.74, 6) is 0.757. The van der Waals surface area contributed by atoms with E-state index in [1.165, 1.54) is 22.3 Å². The van der Waals surface area contributed by atoms with Crippen LogP contribution in [0.5, 0.6) is 5.75 Å². The van der Waals surface area contributed by atoms with E-state index in [0.29, 0.717) is 13.0 Å². The minimum Gasteiger partial charge on any atom is -0.494 e. The quantitative estimate of drug-likeness (QED) is 0.777. The lowest BCUT2D eigenvalue weighted by Crippen LogP contribution is -2.06. The van der Waals surface area contributed by atoms with Crippen molar-refractivity contribution in [1.82, 2.24) is 0 Å². The molecular weight excluding hydrogens is 270 g/mol. The molecule has 2 aromatic carbocycles. The van der Waals surface area contributed by atoms with Crippen LogP contribution in [-0.4, -0.2) is 6.61 Å². The molecule has 1 atom stereocenters. The third-order valence-electron chi connectivity index (χ3n) is 4.12. The topological polar surface area (TPSA) is 33.0 Å². The Morgan fingerprint density at radius 1 is 0.955 bits per heavy atom. The molecule has 0 saturated carbocycles. The highest BCUT2D eigenvalue weighted by Gasteiger charge is 2.13. The third kappa shape index (κ3) is 3.89. The molecule has 114 valence electrons. The molecule has 2 heteroatoms. The van der Waals surface area contributed by atoms with E-state index < -0.39 is 0 Å². The van der Waals surface area contributed by atoms with Gasteiger partial charge in [-0.1, -0.05) is 29.8 Å². The highest BCUT2D eigenvalue weighted by atomic mass is 16.5. The lowest BCUT2D eigenvalue weighted by atomic mass is 9.92. The Kier molecular flexibility index (Phi) is 5.22. The lowest BCUT2D eigenvalue weighted by molar-refractivity contribution is 0.305. The van der Waals surface area contributed by atoms with Gasteiger partial charge in [0.2, 0.25) is 0 Å². The second kappa shape index (κ2) is 7.13. The Morgan fingerprint density at radius 2 is 1.68 bits per heavy atom. The maximum atomic E-state index is 9.47. The van der Waals surface area contributed by atoms with Gasteiger partial charge in [0.05, 0.1) is 18.6 Å². The minimum absolute atomic E-state index is 0.119. The van der Waals surface area contributed by atoms with Crippen LogP contribution in [0.4, 0.5) is 0 Å². The number of aryl methyl sites for hydroxylation is 4. The largest absolute Gasteiger partial charge is 0.494 e. The van der Waals surface area contributed by atoms with Crippen molar-refractivity contribution in [2.24, 2.45) is 0 Å². The number of benzene rings is 2. The normalized spacial score (nSPS) is 11.8. The molecule has 0 spiro atoms. The number of ether oxygens (including phenoxy) is 1. The zero-order valence-corrected chi connectivity index (χ0v) is 13.8. The Hall–Kier alpha value is -2.27. The van der Waals surface area contributed by atoms with Crippen molar-refractivity contribution in [3.8, 4) is 11.8 Å². The van der Waals surface area contributed by atoms with E-state index in [2.05, 4.69) is 64.1 Å². The fraction of sp³-hybridized carbons (Fsp3) is 0.350. The van der Waals surface area contributed by atoms with Gasteiger partial charge in [-0.2, -0.15) is 5.26 Å². The van der Waals surface area contributed by atoms with Crippen LogP contribution in [0.1, 0.15) is 40.2 Å². The van der Waals surface area contributed by atoms with Crippen LogP contribution in [0.3, 0.4) is 0 Å². The molecule has 1 unspecified atom stereocenters. The highest BCUT2D eigenvalue weighted by Crippen LogP contribution is 2.24. The molecule has 2 nitrogen and oxygen atoms in total. The molecule has 0 heterocycles. The molecule has 0 N–H and O–H groups in total. The van der Waals surface area contributed by atoms with Gasteiger partial charge in [0, 0.05) is 6.42 Å². The van der Waals surface area contributed by atoms with Crippen molar-refractivity contribution in [3.63, 3.8) is 0 Å². The zero-order valence-electron chi connectivity index (χ0n) is 13.8. The molecule has 0 saturated heterocycles. The van der Waals surface area contributed by atoms with Gasteiger partial charge in [-0.05, 0) is 62.1 Å². The predicted molar refractivity (Wildman–Crippen MR) is 90.3 cm³/mol. The van der Waals surface area contributed by atoms with Crippen molar-refractivity contribution in [1.29, 1.82) is 5.26 Å². The van der Waals surface area contributed by atoms with Crippen molar-refractivity contribution >= 4 is 0 Å². The summed E-state index contributed by atoms with van der Waals surface area (Å²) in [6.07, 6.45) is 0.702. The molecule has 2 aromatic rings. The average molecular weight is 293 g/mol. The van der Waals surface area contributed by atoms with Crippen molar-refractivity contribution < 1.29 is 4.74 Å². The van der Waals surface area contributed by atoms with E-state index in [1.54, 1.807) is 0 Å². The summed E-state index contributed by atoms with van der Waals surface area (Å²) in [5, 5.41) is 9.47. The molecule has 0 radical (unpaired) electrons. The number of hydrogen-bond acceptors (Lipinski definition) is 2. The molecule has 0 fully saturated rings. The fourth-order valence-corrected chi connectivity index (χ4v) is 2.52. The summed E-state index contributed by atoms with van der Waals surface area (Å²) in [7, 11) is 0. The molecule has 0 aromatic heterocycles. The Balaban J connectivity index is 2.01. The molecule has 0 amide bonds. The van der Waals surface area contributed by atoms with E-state index in [-0.39, 0.29) is 5.92 Å². The van der Waals surface area contributed by atoms with Gasteiger partial charge in [0.15, 0.2) is 0 Å². The summed E-state index contributed by atoms with van der Waals surface area (Å²) in [4.78, 5) is 0. The van der Waals surface area contributed by atoms with Crippen molar-refractivity contribution in [2.75, 3.05) is 6.61 Å². The maximum absolute atomic E-state index is 9.47. The molecule has 0 aliphatic carbocycles. The van der Waals surface area contributed by atoms with Crippen molar-refractivity contribution in [3.05, 3.63) is 64.2 Å². The van der Waals surface area contributed by atoms with Gasteiger partial charge in [-0.15, -0.1) is 0 Å². The van der Waals surface area contributed by atoms with Crippen LogP contribution in [0, 0.1) is 39.0 Å². The first-order chi connectivity index (χ1) is 10.5. The predicted octanol–water partition coefficient (Wildman–Crippen LogP) is 5.00. The first-order valence-electron chi connectivity index (χ1n) is 7.68. The Bertz CT molecular complexity index is 697. The highest BCUT2D eigenvalue weighted by molar-refractivity contribution is 5.36. The molecule has 22 heavy (non-hydrogen) atoms. The fourth-order valence-electron chi connectivity index (χ4n) is 2.52. The minimum atomic E-state index is -0.119. The maximum Gasteiger partial charge on any atom is 0.119 e. The molecule has 0 bridgehead atoms. The molecular formula is C20H23NO. The van der Waals surface area contributed by atoms with Crippen LogP contribution in [0.15, 0.2) is 36.4 Å². The standard InChI is InChI=1S/C20H23NO/c1-14-5-6-16(3)20(11-14)18(13-21)9-10-22-19-8-7-15(2)17(4)12-19/h5-8,11-12,18H,9-10H2,1-4H3. The van der Waals surface area contributed by atoms with Gasteiger partial charge < -0.3 is 4.74 Å². The van der Waals surface area contributed by atoms with E-state index in [9.17, 15) is 5.26 Å². The zero-order chi connectivity index (χ0) is 16.1. The van der Waals surface area contributed by atoms with E-state index in [0.717, 1.165) is 11.3 Å². The Labute approximate surface area is 133 Å². The van der Waals surface area contributed by atoms with Gasteiger partial charge in [0.25, 0.3) is 0 Å². The average Bonchev–Trinajstić information content (AvgIpc) is 2.50. The van der Waals surface area contributed by atoms with E-state index in [1.807, 2.05) is 6.07 Å². The molecule has 0 aliphatic rings. The third-order valence-corrected chi connectivity index (χ3v) is 4.12. The number of hydrogen-bond donors (Lipinski definition) is 0. The van der Waals surface area contributed by atoms with Crippen LogP contribution in [0.2, 0.25) is 0 Å². The van der Waals surface area contributed by atoms with Gasteiger partial charge in [-0.25, -0.2) is 0 Å². The second-order valence-corrected chi connectivity index (χ2v) is 5.92. The van der Waals surface area contributed by atoms with Gasteiger partial charge in [0.1, 0.15) is 5.75 Å².